The van der Waals surface area contributed by atoms with Crippen molar-refractivity contribution in [2.24, 2.45) is 0 Å². The molecule has 2 heterocycles. The van der Waals surface area contributed by atoms with Crippen molar-refractivity contribution >= 4 is 16.6 Å². The minimum absolute atomic E-state index is 0.0254. The Balaban J connectivity index is 1.72. The minimum atomic E-state index is -0.650. The first-order valence-corrected chi connectivity index (χ1v) is 11.8. The Morgan fingerprint density at radius 2 is 1.89 bits per heavy atom. The molecule has 0 amide bonds. The smallest absolute Gasteiger partial charge is 0.270 e. The van der Waals surface area contributed by atoms with Gasteiger partial charge in [-0.25, -0.2) is 13.8 Å². The molecule has 10 heteroatoms. The number of non-ortho nitro benzene ring substituents is 1. The van der Waals surface area contributed by atoms with E-state index < -0.39 is 16.3 Å². The number of nitro groups is 1. The molecule has 0 bridgehead atoms. The zero-order valence-corrected chi connectivity index (χ0v) is 20.3. The van der Waals surface area contributed by atoms with E-state index in [0.29, 0.717) is 29.9 Å². The number of hydrogen-bond donors (Lipinski definition) is 0. The van der Waals surface area contributed by atoms with Gasteiger partial charge in [-0.2, -0.15) is 0 Å². The first kappa shape index (κ1) is 24.5. The van der Waals surface area contributed by atoms with Crippen molar-refractivity contribution in [2.75, 3.05) is 13.7 Å². The number of fused-ring (bicyclic) bond motifs is 1. The van der Waals surface area contributed by atoms with E-state index in [4.69, 9.17) is 9.72 Å². The molecule has 0 unspecified atom stereocenters. The molecule has 1 aliphatic heterocycles. The van der Waals surface area contributed by atoms with Gasteiger partial charge in [0.25, 0.3) is 11.2 Å². The molecule has 0 aliphatic carbocycles. The van der Waals surface area contributed by atoms with E-state index in [1.165, 1.54) is 48.1 Å². The number of ether oxygens (including phenoxy) is 1. The Bertz CT molecular complexity index is 1570. The fraction of sp³-hybridized carbons (Fsp3) is 0.259. The van der Waals surface area contributed by atoms with Gasteiger partial charge in [-0.15, -0.1) is 0 Å². The molecule has 1 aliphatic rings. The zero-order chi connectivity index (χ0) is 26.3. The van der Waals surface area contributed by atoms with Gasteiger partial charge in [0.05, 0.1) is 34.7 Å². The van der Waals surface area contributed by atoms with E-state index >= 15 is 0 Å². The number of halogens is 2. The van der Waals surface area contributed by atoms with Crippen LogP contribution in [0, 0.1) is 28.7 Å². The number of aryl methyl sites for hydroxylation is 1. The molecule has 190 valence electrons. The highest BCUT2D eigenvalue weighted by Crippen LogP contribution is 2.35. The molecule has 0 N–H and O–H groups in total. The van der Waals surface area contributed by atoms with Crippen molar-refractivity contribution in [2.45, 2.75) is 32.4 Å². The van der Waals surface area contributed by atoms with Gasteiger partial charge in [0, 0.05) is 24.7 Å². The van der Waals surface area contributed by atoms with Gasteiger partial charge >= 0.3 is 0 Å². The molecule has 1 saturated heterocycles. The van der Waals surface area contributed by atoms with E-state index in [-0.39, 0.29) is 34.4 Å². The van der Waals surface area contributed by atoms with Crippen LogP contribution in [0.2, 0.25) is 0 Å². The molecule has 8 nitrogen and oxygen atoms in total. The van der Waals surface area contributed by atoms with Crippen LogP contribution in [0.25, 0.3) is 16.6 Å². The van der Waals surface area contributed by atoms with E-state index in [2.05, 4.69) is 4.90 Å². The molecule has 4 aromatic rings. The summed E-state index contributed by atoms with van der Waals surface area (Å²) >= 11 is 0. The second-order valence-corrected chi connectivity index (χ2v) is 9.10. The van der Waals surface area contributed by atoms with Crippen molar-refractivity contribution in [3.8, 4) is 11.4 Å². The number of nitrogens with zero attached hydrogens (tertiary/aromatic N) is 4. The summed E-state index contributed by atoms with van der Waals surface area (Å²) in [6.07, 6.45) is 1.54. The molecule has 1 fully saturated rings. The first-order valence-electron chi connectivity index (χ1n) is 11.8. The number of aromatic nitrogens is 2. The quantitative estimate of drug-likeness (QED) is 0.263. The third kappa shape index (κ3) is 4.55. The maximum Gasteiger partial charge on any atom is 0.270 e. The van der Waals surface area contributed by atoms with Crippen molar-refractivity contribution < 1.29 is 18.4 Å². The fourth-order valence-corrected chi connectivity index (χ4v) is 4.97. The highest BCUT2D eigenvalue weighted by Gasteiger charge is 2.32. The number of hydrogen-bond acceptors (Lipinski definition) is 6. The molecule has 1 atom stereocenters. The molecule has 1 aromatic heterocycles. The Morgan fingerprint density at radius 3 is 2.57 bits per heavy atom. The first-order chi connectivity index (χ1) is 17.8. The summed E-state index contributed by atoms with van der Waals surface area (Å²) in [5, 5.41) is 11.6. The van der Waals surface area contributed by atoms with Crippen LogP contribution in [0.15, 0.2) is 59.4 Å². The second kappa shape index (κ2) is 9.70. The van der Waals surface area contributed by atoms with Gasteiger partial charge in [0.2, 0.25) is 0 Å². The highest BCUT2D eigenvalue weighted by molar-refractivity contribution is 5.84. The van der Waals surface area contributed by atoms with Crippen LogP contribution >= 0.6 is 0 Å². The lowest BCUT2D eigenvalue weighted by Gasteiger charge is -2.27. The van der Waals surface area contributed by atoms with Crippen LogP contribution in [-0.2, 0) is 6.54 Å². The van der Waals surface area contributed by atoms with Gasteiger partial charge in [0.1, 0.15) is 11.6 Å². The Kier molecular flexibility index (Phi) is 6.43. The van der Waals surface area contributed by atoms with Crippen LogP contribution in [0.1, 0.15) is 35.8 Å². The predicted molar refractivity (Wildman–Crippen MR) is 134 cm³/mol. The van der Waals surface area contributed by atoms with Gasteiger partial charge in [-0.1, -0.05) is 12.1 Å². The summed E-state index contributed by atoms with van der Waals surface area (Å²) < 4.78 is 34.5. The number of methoxy groups -OCH3 is 1. The van der Waals surface area contributed by atoms with E-state index in [9.17, 15) is 23.7 Å². The van der Waals surface area contributed by atoms with Crippen molar-refractivity contribution in [3.05, 3.63) is 104 Å². The second-order valence-electron chi connectivity index (χ2n) is 9.10. The van der Waals surface area contributed by atoms with Gasteiger partial charge in [-0.05, 0) is 61.7 Å². The average Bonchev–Trinajstić information content (AvgIpc) is 3.33. The van der Waals surface area contributed by atoms with Gasteiger partial charge in [-0.3, -0.25) is 24.4 Å². The average molecular weight is 507 g/mol. The molecule has 0 radical (unpaired) electrons. The van der Waals surface area contributed by atoms with Crippen LogP contribution in [0.3, 0.4) is 0 Å². The fourth-order valence-electron chi connectivity index (χ4n) is 4.97. The lowest BCUT2D eigenvalue weighted by molar-refractivity contribution is -0.384. The summed E-state index contributed by atoms with van der Waals surface area (Å²) in [7, 11) is 1.35. The topological polar surface area (TPSA) is 90.5 Å². The van der Waals surface area contributed by atoms with Gasteiger partial charge < -0.3 is 4.74 Å². The largest absolute Gasteiger partial charge is 0.494 e. The molecule has 0 spiro atoms. The van der Waals surface area contributed by atoms with Crippen molar-refractivity contribution in [1.29, 1.82) is 0 Å². The number of rotatable bonds is 6. The molecule has 3 aromatic carbocycles. The molecular weight excluding hydrogens is 482 g/mol. The third-order valence-electron chi connectivity index (χ3n) is 6.74. The van der Waals surface area contributed by atoms with Crippen molar-refractivity contribution in [3.63, 3.8) is 0 Å². The van der Waals surface area contributed by atoms with Crippen LogP contribution in [0.4, 0.5) is 14.5 Å². The van der Waals surface area contributed by atoms with E-state index in [1.807, 2.05) is 0 Å². The molecule has 5 rings (SSSR count). The SMILES string of the molecule is COc1ccc(-n2c([C@@H]3CCCN3Cc3ccc(F)cc3)nc3c(C)cc([N+](=O)[O-])cc3c2=O)cc1F. The number of likely N-dealkylation sites (tertiary alicyclic amines) is 1. The molecule has 37 heavy (non-hydrogen) atoms. The van der Waals surface area contributed by atoms with Gasteiger partial charge in [0.15, 0.2) is 11.6 Å². The summed E-state index contributed by atoms with van der Waals surface area (Å²) in [4.78, 5) is 31.8. The standard InChI is InChI=1S/C27H24F2N4O4/c1-16-12-20(33(35)36)13-21-25(16)30-26(32(27(21)34)19-9-10-24(37-2)22(29)14-19)23-4-3-11-31(23)15-17-5-7-18(28)8-6-17/h5-10,12-14,23H,3-4,11,15H2,1-2H3/t23-/m0/s1. The Morgan fingerprint density at radius 1 is 1.14 bits per heavy atom. The minimum Gasteiger partial charge on any atom is -0.494 e. The predicted octanol–water partition coefficient (Wildman–Crippen LogP) is 5.23. The summed E-state index contributed by atoms with van der Waals surface area (Å²) in [6, 6.07) is 12.7. The monoisotopic (exact) mass is 506 g/mol. The highest BCUT2D eigenvalue weighted by atomic mass is 19.1. The molecule has 0 saturated carbocycles. The van der Waals surface area contributed by atoms with Crippen molar-refractivity contribution in [1.82, 2.24) is 14.5 Å². The third-order valence-corrected chi connectivity index (χ3v) is 6.74. The Hall–Kier alpha value is -4.18. The lowest BCUT2D eigenvalue weighted by atomic mass is 10.1. The lowest BCUT2D eigenvalue weighted by Crippen LogP contribution is -2.31. The van der Waals surface area contributed by atoms with Crippen LogP contribution in [0.5, 0.6) is 5.75 Å². The normalized spacial score (nSPS) is 15.8. The summed E-state index contributed by atoms with van der Waals surface area (Å²) in [5.41, 5.74) is 1.27. The van der Waals surface area contributed by atoms with E-state index in [0.717, 1.165) is 18.5 Å². The summed E-state index contributed by atoms with van der Waals surface area (Å²) in [6.45, 7) is 2.91. The van der Waals surface area contributed by atoms with Crippen LogP contribution < -0.4 is 10.3 Å². The maximum absolute atomic E-state index is 14.7. The molecular formula is C27H24F2N4O4. The zero-order valence-electron chi connectivity index (χ0n) is 20.3. The van der Waals surface area contributed by atoms with Crippen LogP contribution in [-0.4, -0.2) is 33.0 Å². The summed E-state index contributed by atoms with van der Waals surface area (Å²) in [5.74, 6) is -0.531. The number of nitro benzene ring substituents is 1. The van der Waals surface area contributed by atoms with E-state index in [1.54, 1.807) is 25.1 Å². The number of benzene rings is 3. The Labute approximate surface area is 210 Å². The maximum atomic E-state index is 14.7.